The SMILES string of the molecule is O=C(CCCc1nc(-c2ccc(Cl)cc2)no1)N1CCC(c2nc3ccccc3o2)CC1. The third-order valence-electron chi connectivity index (χ3n) is 5.86. The van der Waals surface area contributed by atoms with Gasteiger partial charge in [-0.2, -0.15) is 4.98 Å². The quantitative estimate of drug-likeness (QED) is 0.398. The first-order chi connectivity index (χ1) is 15.7. The van der Waals surface area contributed by atoms with Crippen molar-refractivity contribution in [2.75, 3.05) is 13.1 Å². The molecule has 32 heavy (non-hydrogen) atoms. The van der Waals surface area contributed by atoms with Gasteiger partial charge < -0.3 is 13.8 Å². The summed E-state index contributed by atoms with van der Waals surface area (Å²) in [6, 6.07) is 15.1. The number of rotatable bonds is 6. The van der Waals surface area contributed by atoms with E-state index in [1.54, 1.807) is 12.1 Å². The Morgan fingerprint density at radius 1 is 1.06 bits per heavy atom. The van der Waals surface area contributed by atoms with Gasteiger partial charge in [0.05, 0.1) is 0 Å². The van der Waals surface area contributed by atoms with Crippen molar-refractivity contribution in [3.8, 4) is 11.4 Å². The summed E-state index contributed by atoms with van der Waals surface area (Å²) in [6.45, 7) is 1.45. The first-order valence-corrected chi connectivity index (χ1v) is 11.3. The summed E-state index contributed by atoms with van der Waals surface area (Å²) in [5.74, 6) is 2.28. The van der Waals surface area contributed by atoms with E-state index in [1.807, 2.05) is 41.3 Å². The molecule has 5 rings (SSSR count). The number of hydrogen-bond donors (Lipinski definition) is 0. The molecular weight excluding hydrogens is 428 g/mol. The Balaban J connectivity index is 1.09. The zero-order valence-corrected chi connectivity index (χ0v) is 18.3. The largest absolute Gasteiger partial charge is 0.440 e. The van der Waals surface area contributed by atoms with Gasteiger partial charge in [-0.1, -0.05) is 28.9 Å². The number of amides is 1. The highest BCUT2D eigenvalue weighted by molar-refractivity contribution is 6.30. The Morgan fingerprint density at radius 3 is 2.62 bits per heavy atom. The second-order valence-corrected chi connectivity index (χ2v) is 8.48. The molecule has 0 atom stereocenters. The lowest BCUT2D eigenvalue weighted by Crippen LogP contribution is -2.37. The molecule has 0 unspecified atom stereocenters. The van der Waals surface area contributed by atoms with Gasteiger partial charge in [0.15, 0.2) is 11.5 Å². The smallest absolute Gasteiger partial charge is 0.226 e. The van der Waals surface area contributed by atoms with Crippen LogP contribution in [-0.2, 0) is 11.2 Å². The molecule has 0 bridgehead atoms. The number of halogens is 1. The molecule has 2 aromatic heterocycles. The number of para-hydroxylation sites is 2. The normalized spacial score (nSPS) is 14.8. The van der Waals surface area contributed by atoms with Crippen LogP contribution in [0.25, 0.3) is 22.5 Å². The Hall–Kier alpha value is -3.19. The fraction of sp³-hybridized carbons (Fsp3) is 0.333. The summed E-state index contributed by atoms with van der Waals surface area (Å²) in [5, 5.41) is 4.68. The molecule has 0 saturated carbocycles. The Kier molecular flexibility index (Phi) is 5.90. The van der Waals surface area contributed by atoms with E-state index in [0.717, 1.165) is 48.5 Å². The lowest BCUT2D eigenvalue weighted by Gasteiger charge is -2.30. The van der Waals surface area contributed by atoms with Crippen molar-refractivity contribution in [3.05, 3.63) is 65.3 Å². The molecular formula is C24H23ClN4O3. The van der Waals surface area contributed by atoms with E-state index in [-0.39, 0.29) is 11.8 Å². The van der Waals surface area contributed by atoms with Crippen LogP contribution in [0.4, 0.5) is 0 Å². The highest BCUT2D eigenvalue weighted by atomic mass is 35.5. The van der Waals surface area contributed by atoms with E-state index >= 15 is 0 Å². The molecule has 0 spiro atoms. The molecule has 0 N–H and O–H groups in total. The summed E-state index contributed by atoms with van der Waals surface area (Å²) < 4.78 is 11.2. The average Bonchev–Trinajstić information content (AvgIpc) is 3.47. The van der Waals surface area contributed by atoms with E-state index in [2.05, 4.69) is 15.1 Å². The average molecular weight is 451 g/mol. The summed E-state index contributed by atoms with van der Waals surface area (Å²) >= 11 is 5.91. The van der Waals surface area contributed by atoms with Crippen molar-refractivity contribution in [1.29, 1.82) is 0 Å². The van der Waals surface area contributed by atoms with Crippen LogP contribution >= 0.6 is 11.6 Å². The van der Waals surface area contributed by atoms with Crippen molar-refractivity contribution < 1.29 is 13.7 Å². The molecule has 3 heterocycles. The number of carbonyl (C=O) groups excluding carboxylic acids is 1. The lowest BCUT2D eigenvalue weighted by molar-refractivity contribution is -0.132. The van der Waals surface area contributed by atoms with Gasteiger partial charge in [0.2, 0.25) is 17.6 Å². The third kappa shape index (κ3) is 4.53. The van der Waals surface area contributed by atoms with Gasteiger partial charge in [-0.25, -0.2) is 4.98 Å². The second-order valence-electron chi connectivity index (χ2n) is 8.05. The standard InChI is InChI=1S/C24H23ClN4O3/c25-18-10-8-16(9-11-18)23-27-21(32-28-23)6-3-7-22(30)29-14-12-17(13-15-29)24-26-19-4-1-2-5-20(19)31-24/h1-2,4-5,8-11,17H,3,6-7,12-15H2. The monoisotopic (exact) mass is 450 g/mol. The van der Waals surface area contributed by atoms with Crippen molar-refractivity contribution in [2.45, 2.75) is 38.0 Å². The first-order valence-electron chi connectivity index (χ1n) is 10.9. The Bertz CT molecular complexity index is 1180. The van der Waals surface area contributed by atoms with Gasteiger partial charge in [0.1, 0.15) is 5.52 Å². The van der Waals surface area contributed by atoms with Gasteiger partial charge in [0.25, 0.3) is 0 Å². The lowest BCUT2D eigenvalue weighted by atomic mass is 9.96. The molecule has 0 aliphatic carbocycles. The van der Waals surface area contributed by atoms with Crippen LogP contribution in [0.1, 0.15) is 43.4 Å². The molecule has 1 amide bonds. The minimum absolute atomic E-state index is 0.165. The molecule has 1 fully saturated rings. The van der Waals surface area contributed by atoms with Gasteiger partial charge in [-0.05, 0) is 55.7 Å². The van der Waals surface area contributed by atoms with E-state index in [9.17, 15) is 4.79 Å². The first kappa shape index (κ1) is 20.7. The zero-order chi connectivity index (χ0) is 21.9. The molecule has 0 radical (unpaired) electrons. The topological polar surface area (TPSA) is 85.3 Å². The molecule has 1 aliphatic rings. The number of aryl methyl sites for hydroxylation is 1. The maximum Gasteiger partial charge on any atom is 0.226 e. The van der Waals surface area contributed by atoms with Crippen molar-refractivity contribution in [3.63, 3.8) is 0 Å². The van der Waals surface area contributed by atoms with Crippen LogP contribution in [-0.4, -0.2) is 39.0 Å². The van der Waals surface area contributed by atoms with Crippen LogP contribution in [0.3, 0.4) is 0 Å². The maximum absolute atomic E-state index is 12.6. The molecule has 7 nitrogen and oxygen atoms in total. The number of fused-ring (bicyclic) bond motifs is 1. The third-order valence-corrected chi connectivity index (χ3v) is 6.11. The zero-order valence-electron chi connectivity index (χ0n) is 17.5. The van der Waals surface area contributed by atoms with Crippen LogP contribution in [0, 0.1) is 0 Å². The molecule has 1 aliphatic heterocycles. The Labute approximate surface area is 190 Å². The summed E-state index contributed by atoms with van der Waals surface area (Å²) in [5.41, 5.74) is 2.56. The van der Waals surface area contributed by atoms with Crippen molar-refractivity contribution in [2.24, 2.45) is 0 Å². The summed E-state index contributed by atoms with van der Waals surface area (Å²) in [6.07, 6.45) is 3.45. The summed E-state index contributed by atoms with van der Waals surface area (Å²) in [7, 11) is 0. The molecule has 1 saturated heterocycles. The highest BCUT2D eigenvalue weighted by Gasteiger charge is 2.26. The fourth-order valence-corrected chi connectivity index (χ4v) is 4.19. The number of aromatic nitrogens is 3. The predicted octanol–water partition coefficient (Wildman–Crippen LogP) is 5.26. The van der Waals surface area contributed by atoms with Crippen LogP contribution in [0.15, 0.2) is 57.5 Å². The second kappa shape index (κ2) is 9.12. The van der Waals surface area contributed by atoms with Crippen LogP contribution < -0.4 is 0 Å². The van der Waals surface area contributed by atoms with E-state index in [1.165, 1.54) is 0 Å². The molecule has 164 valence electrons. The van der Waals surface area contributed by atoms with E-state index < -0.39 is 0 Å². The van der Waals surface area contributed by atoms with Crippen LogP contribution in [0.5, 0.6) is 0 Å². The Morgan fingerprint density at radius 2 is 1.84 bits per heavy atom. The van der Waals surface area contributed by atoms with Crippen LogP contribution in [0.2, 0.25) is 5.02 Å². The molecule has 4 aromatic rings. The molecule has 2 aromatic carbocycles. The number of carbonyl (C=O) groups is 1. The van der Waals surface area contributed by atoms with Crippen molar-refractivity contribution in [1.82, 2.24) is 20.0 Å². The van der Waals surface area contributed by atoms with Gasteiger partial charge in [-0.3, -0.25) is 4.79 Å². The van der Waals surface area contributed by atoms with E-state index in [4.69, 9.17) is 20.5 Å². The number of likely N-dealkylation sites (tertiary alicyclic amines) is 1. The number of hydrogen-bond acceptors (Lipinski definition) is 6. The fourth-order valence-electron chi connectivity index (χ4n) is 4.06. The van der Waals surface area contributed by atoms with E-state index in [0.29, 0.717) is 36.0 Å². The van der Waals surface area contributed by atoms with Gasteiger partial charge in [0, 0.05) is 42.4 Å². The minimum atomic E-state index is 0.165. The number of benzene rings is 2. The number of piperidine rings is 1. The number of oxazole rings is 1. The maximum atomic E-state index is 12.6. The predicted molar refractivity (Wildman–Crippen MR) is 120 cm³/mol. The number of nitrogens with zero attached hydrogens (tertiary/aromatic N) is 4. The van der Waals surface area contributed by atoms with Crippen molar-refractivity contribution >= 4 is 28.6 Å². The van der Waals surface area contributed by atoms with Gasteiger partial charge in [-0.15, -0.1) is 0 Å². The van der Waals surface area contributed by atoms with Gasteiger partial charge >= 0.3 is 0 Å². The highest BCUT2D eigenvalue weighted by Crippen LogP contribution is 2.30. The molecule has 8 heteroatoms. The minimum Gasteiger partial charge on any atom is -0.440 e. The summed E-state index contributed by atoms with van der Waals surface area (Å²) in [4.78, 5) is 23.6.